The van der Waals surface area contributed by atoms with Crippen LogP contribution in [0, 0.1) is 0 Å². The van der Waals surface area contributed by atoms with Crippen LogP contribution < -0.4 is 10.1 Å². The minimum atomic E-state index is -0.587. The summed E-state index contributed by atoms with van der Waals surface area (Å²) in [6.07, 6.45) is -0.373. The highest BCUT2D eigenvalue weighted by Gasteiger charge is 2.19. The van der Waals surface area contributed by atoms with Crippen molar-refractivity contribution in [3.63, 3.8) is 0 Å². The van der Waals surface area contributed by atoms with Gasteiger partial charge in [0.1, 0.15) is 11.4 Å². The van der Waals surface area contributed by atoms with Gasteiger partial charge in [0.2, 0.25) is 5.91 Å². The van der Waals surface area contributed by atoms with Crippen molar-refractivity contribution in [2.45, 2.75) is 32.8 Å². The third-order valence-corrected chi connectivity index (χ3v) is 2.78. The number of ether oxygens (including phenoxy) is 2. The van der Waals surface area contributed by atoms with Gasteiger partial charge < -0.3 is 14.4 Å². The maximum absolute atomic E-state index is 11.9. The lowest BCUT2D eigenvalue weighted by atomic mass is 10.1. The standard InChI is InChI=1S/C16H24N2O4/c1-16(2,3)22-15(20)17-12-9-7-8-11(14(12)21-6)10-13(19)18(4)5/h7-9H,10H2,1-6H3,(H,17,20). The van der Waals surface area contributed by atoms with Crippen molar-refractivity contribution in [3.05, 3.63) is 23.8 Å². The normalized spacial score (nSPS) is 10.8. The molecule has 1 aromatic rings. The fourth-order valence-corrected chi connectivity index (χ4v) is 1.80. The zero-order valence-corrected chi connectivity index (χ0v) is 14.0. The average molecular weight is 308 g/mol. The molecular formula is C16H24N2O4. The van der Waals surface area contributed by atoms with Gasteiger partial charge in [-0.1, -0.05) is 12.1 Å². The van der Waals surface area contributed by atoms with Crippen molar-refractivity contribution < 1.29 is 19.1 Å². The van der Waals surface area contributed by atoms with Crippen molar-refractivity contribution in [1.82, 2.24) is 4.90 Å². The molecule has 22 heavy (non-hydrogen) atoms. The molecule has 0 unspecified atom stereocenters. The Morgan fingerprint density at radius 3 is 2.36 bits per heavy atom. The van der Waals surface area contributed by atoms with Crippen molar-refractivity contribution in [2.75, 3.05) is 26.5 Å². The van der Waals surface area contributed by atoms with Crippen LogP contribution in [-0.2, 0) is 16.0 Å². The number of hydrogen-bond acceptors (Lipinski definition) is 4. The molecule has 6 heteroatoms. The summed E-state index contributed by atoms with van der Waals surface area (Å²) in [6.45, 7) is 5.36. The fraction of sp³-hybridized carbons (Fsp3) is 0.500. The van der Waals surface area contributed by atoms with Crippen LogP contribution in [0.4, 0.5) is 10.5 Å². The van der Waals surface area contributed by atoms with E-state index >= 15 is 0 Å². The molecule has 0 aromatic heterocycles. The lowest BCUT2D eigenvalue weighted by Crippen LogP contribution is -2.27. The first kappa shape index (κ1) is 17.8. The summed E-state index contributed by atoms with van der Waals surface area (Å²) in [6, 6.07) is 5.25. The molecule has 2 amide bonds. The number of amides is 2. The van der Waals surface area contributed by atoms with Gasteiger partial charge in [-0.25, -0.2) is 4.79 Å². The summed E-state index contributed by atoms with van der Waals surface area (Å²) in [5.74, 6) is 0.413. The van der Waals surface area contributed by atoms with Crippen LogP contribution in [0.5, 0.6) is 5.75 Å². The molecule has 0 atom stereocenters. The molecule has 0 saturated carbocycles. The van der Waals surface area contributed by atoms with Crippen LogP contribution in [0.2, 0.25) is 0 Å². The van der Waals surface area contributed by atoms with E-state index in [0.29, 0.717) is 17.0 Å². The van der Waals surface area contributed by atoms with Gasteiger partial charge in [0.25, 0.3) is 0 Å². The number of nitrogens with zero attached hydrogens (tertiary/aromatic N) is 1. The Labute approximate surface area is 131 Å². The van der Waals surface area contributed by atoms with Crippen LogP contribution in [0.15, 0.2) is 18.2 Å². The monoisotopic (exact) mass is 308 g/mol. The number of anilines is 1. The molecule has 0 fully saturated rings. The summed E-state index contributed by atoms with van der Waals surface area (Å²) in [4.78, 5) is 25.2. The van der Waals surface area contributed by atoms with Gasteiger partial charge in [0.15, 0.2) is 0 Å². The number of carbonyl (C=O) groups excluding carboxylic acids is 2. The number of hydrogen-bond donors (Lipinski definition) is 1. The smallest absolute Gasteiger partial charge is 0.412 e. The molecular weight excluding hydrogens is 284 g/mol. The average Bonchev–Trinajstić information content (AvgIpc) is 2.36. The number of methoxy groups -OCH3 is 1. The van der Waals surface area contributed by atoms with E-state index in [1.54, 1.807) is 53.1 Å². The first-order chi connectivity index (χ1) is 10.1. The van der Waals surface area contributed by atoms with Gasteiger partial charge in [-0.2, -0.15) is 0 Å². The van der Waals surface area contributed by atoms with Crippen LogP contribution in [0.3, 0.4) is 0 Å². The predicted molar refractivity (Wildman–Crippen MR) is 85.2 cm³/mol. The predicted octanol–water partition coefficient (Wildman–Crippen LogP) is 2.67. The van der Waals surface area contributed by atoms with Crippen LogP contribution in [0.25, 0.3) is 0 Å². The molecule has 1 aromatic carbocycles. The molecule has 1 rings (SSSR count). The summed E-state index contributed by atoms with van der Waals surface area (Å²) in [5.41, 5.74) is 0.589. The second-order valence-corrected chi connectivity index (χ2v) is 6.09. The lowest BCUT2D eigenvalue weighted by Gasteiger charge is -2.21. The van der Waals surface area contributed by atoms with Crippen LogP contribution in [-0.4, -0.2) is 43.7 Å². The number of carbonyl (C=O) groups is 2. The summed E-state index contributed by atoms with van der Waals surface area (Å²) < 4.78 is 10.6. The molecule has 0 bridgehead atoms. The molecule has 0 aliphatic carbocycles. The quantitative estimate of drug-likeness (QED) is 0.928. The highest BCUT2D eigenvalue weighted by atomic mass is 16.6. The van der Waals surface area contributed by atoms with E-state index in [1.807, 2.05) is 0 Å². The Morgan fingerprint density at radius 2 is 1.86 bits per heavy atom. The molecule has 122 valence electrons. The molecule has 0 radical (unpaired) electrons. The lowest BCUT2D eigenvalue weighted by molar-refractivity contribution is -0.127. The third kappa shape index (κ3) is 5.27. The van der Waals surface area contributed by atoms with Gasteiger partial charge in [0.05, 0.1) is 19.2 Å². The summed E-state index contributed by atoms with van der Waals surface area (Å²) in [7, 11) is 4.88. The minimum absolute atomic E-state index is 0.0484. The SMILES string of the molecule is COc1c(CC(=O)N(C)C)cccc1NC(=O)OC(C)(C)C. The first-order valence-electron chi connectivity index (χ1n) is 7.00. The van der Waals surface area contributed by atoms with Gasteiger partial charge in [0, 0.05) is 19.7 Å². The number of para-hydroxylation sites is 1. The molecule has 0 spiro atoms. The Bertz CT molecular complexity index is 548. The third-order valence-electron chi connectivity index (χ3n) is 2.78. The Morgan fingerprint density at radius 1 is 1.23 bits per heavy atom. The molecule has 0 aliphatic heterocycles. The van der Waals surface area contributed by atoms with E-state index in [0.717, 1.165) is 0 Å². The van der Waals surface area contributed by atoms with Crippen molar-refractivity contribution >= 4 is 17.7 Å². The zero-order valence-electron chi connectivity index (χ0n) is 14.0. The summed E-state index contributed by atoms with van der Waals surface area (Å²) >= 11 is 0. The Hall–Kier alpha value is -2.24. The molecule has 0 heterocycles. The molecule has 0 aliphatic rings. The maximum Gasteiger partial charge on any atom is 0.412 e. The van der Waals surface area contributed by atoms with E-state index < -0.39 is 11.7 Å². The first-order valence-corrected chi connectivity index (χ1v) is 7.00. The van der Waals surface area contributed by atoms with E-state index in [2.05, 4.69) is 5.32 Å². The topological polar surface area (TPSA) is 67.9 Å². The highest BCUT2D eigenvalue weighted by molar-refractivity contribution is 5.88. The van der Waals surface area contributed by atoms with Gasteiger partial charge >= 0.3 is 6.09 Å². The second kappa shape index (κ2) is 7.15. The van der Waals surface area contributed by atoms with E-state index in [1.165, 1.54) is 12.0 Å². The Balaban J connectivity index is 2.97. The maximum atomic E-state index is 11.9. The van der Waals surface area contributed by atoms with Gasteiger partial charge in [-0.3, -0.25) is 10.1 Å². The van der Waals surface area contributed by atoms with Crippen molar-refractivity contribution in [3.8, 4) is 5.75 Å². The minimum Gasteiger partial charge on any atom is -0.494 e. The number of likely N-dealkylation sites (N-methyl/N-ethyl adjacent to an activating group) is 1. The fourth-order valence-electron chi connectivity index (χ4n) is 1.80. The van der Waals surface area contributed by atoms with Gasteiger partial charge in [-0.05, 0) is 26.8 Å². The largest absolute Gasteiger partial charge is 0.494 e. The Kier molecular flexibility index (Phi) is 5.79. The number of benzene rings is 1. The van der Waals surface area contributed by atoms with Gasteiger partial charge in [-0.15, -0.1) is 0 Å². The van der Waals surface area contributed by atoms with Crippen molar-refractivity contribution in [1.29, 1.82) is 0 Å². The highest BCUT2D eigenvalue weighted by Crippen LogP contribution is 2.29. The zero-order chi connectivity index (χ0) is 16.9. The number of rotatable bonds is 4. The molecule has 6 nitrogen and oxygen atoms in total. The van der Waals surface area contributed by atoms with Crippen LogP contribution >= 0.6 is 0 Å². The van der Waals surface area contributed by atoms with Crippen LogP contribution in [0.1, 0.15) is 26.3 Å². The van der Waals surface area contributed by atoms with E-state index in [4.69, 9.17) is 9.47 Å². The van der Waals surface area contributed by atoms with E-state index in [9.17, 15) is 9.59 Å². The van der Waals surface area contributed by atoms with Crippen molar-refractivity contribution in [2.24, 2.45) is 0 Å². The molecule has 0 saturated heterocycles. The summed E-state index contributed by atoms with van der Waals surface area (Å²) in [5, 5.41) is 2.65. The van der Waals surface area contributed by atoms with E-state index in [-0.39, 0.29) is 12.3 Å². The second-order valence-electron chi connectivity index (χ2n) is 6.09. The molecule has 1 N–H and O–H groups in total. The number of nitrogens with one attached hydrogen (secondary N) is 1.